The van der Waals surface area contributed by atoms with Gasteiger partial charge in [-0.3, -0.25) is 9.80 Å². The number of likely N-dealkylation sites (N-methyl/N-ethyl adjacent to an activating group) is 1. The van der Waals surface area contributed by atoms with Crippen LogP contribution in [0.4, 0.5) is 14.5 Å². The molecule has 1 aromatic heterocycles. The molecule has 182 valence electrons. The molecule has 2 aliphatic rings. The van der Waals surface area contributed by atoms with Crippen LogP contribution in [0.15, 0.2) is 52.9 Å². The number of aromatic nitrogens is 2. The summed E-state index contributed by atoms with van der Waals surface area (Å²) in [5.41, 5.74) is 1.55. The van der Waals surface area contributed by atoms with Crippen molar-refractivity contribution in [1.29, 1.82) is 0 Å². The maximum Gasteiger partial charge on any atom is 0.255 e. The fraction of sp³-hybridized carbons (Fsp3) is 0.320. The zero-order chi connectivity index (χ0) is 24.9. The Morgan fingerprint density at radius 3 is 2.51 bits per heavy atom. The second-order valence-electron chi connectivity index (χ2n) is 8.90. The molecule has 0 radical (unpaired) electrons. The first-order chi connectivity index (χ1) is 16.7. The molecule has 1 N–H and O–H groups in total. The van der Waals surface area contributed by atoms with Crippen molar-refractivity contribution < 1.29 is 22.8 Å². The SMILES string of the molecule is COc1cc(C)c(C2C(F)=CN(c3ccc(F)cc3)N2C)cc1C(=O)NC1(c2nc(C)no2)CC1. The number of halogens is 2. The van der Waals surface area contributed by atoms with Gasteiger partial charge in [-0.1, -0.05) is 5.16 Å². The van der Waals surface area contributed by atoms with Crippen LogP contribution in [0.3, 0.4) is 0 Å². The van der Waals surface area contributed by atoms with Crippen LogP contribution in [0.5, 0.6) is 5.75 Å². The summed E-state index contributed by atoms with van der Waals surface area (Å²) in [5.74, 6) is 0.0828. The molecule has 10 heteroatoms. The van der Waals surface area contributed by atoms with Gasteiger partial charge in [-0.05, 0) is 74.2 Å². The second kappa shape index (κ2) is 8.46. The van der Waals surface area contributed by atoms with Crippen molar-refractivity contribution in [3.05, 3.63) is 82.6 Å². The van der Waals surface area contributed by atoms with Gasteiger partial charge in [0.25, 0.3) is 11.8 Å². The number of hydrogen-bond donors (Lipinski definition) is 1. The average molecular weight is 482 g/mol. The Balaban J connectivity index is 1.46. The first kappa shape index (κ1) is 23.0. The fourth-order valence-electron chi connectivity index (χ4n) is 4.41. The molecule has 1 atom stereocenters. The minimum absolute atomic E-state index is 0.275. The van der Waals surface area contributed by atoms with Crippen LogP contribution in [-0.4, -0.2) is 35.2 Å². The van der Waals surface area contributed by atoms with Gasteiger partial charge in [0.2, 0.25) is 0 Å². The Morgan fingerprint density at radius 2 is 1.91 bits per heavy atom. The normalized spacial score (nSPS) is 19.0. The number of nitrogens with one attached hydrogen (secondary N) is 1. The third-order valence-corrected chi connectivity index (χ3v) is 6.48. The Bertz CT molecular complexity index is 1320. The minimum Gasteiger partial charge on any atom is -0.496 e. The molecular formula is C25H25F2N5O3. The molecule has 1 fully saturated rings. The first-order valence-electron chi connectivity index (χ1n) is 11.2. The van der Waals surface area contributed by atoms with Crippen molar-refractivity contribution in [2.75, 3.05) is 19.2 Å². The summed E-state index contributed by atoms with van der Waals surface area (Å²) in [5, 5.41) is 10.1. The average Bonchev–Trinajstić information content (AvgIpc) is 3.37. The molecule has 5 rings (SSSR count). The summed E-state index contributed by atoms with van der Waals surface area (Å²) >= 11 is 0. The fourth-order valence-corrected chi connectivity index (χ4v) is 4.41. The molecule has 0 bridgehead atoms. The molecular weight excluding hydrogens is 456 g/mol. The van der Waals surface area contributed by atoms with Crippen LogP contribution in [0.1, 0.15) is 52.1 Å². The predicted molar refractivity (Wildman–Crippen MR) is 124 cm³/mol. The number of hydrazine groups is 1. The summed E-state index contributed by atoms with van der Waals surface area (Å²) in [4.78, 5) is 17.6. The lowest BCUT2D eigenvalue weighted by atomic mass is 9.96. The van der Waals surface area contributed by atoms with Gasteiger partial charge in [-0.2, -0.15) is 4.98 Å². The monoisotopic (exact) mass is 481 g/mol. The number of amides is 1. The van der Waals surface area contributed by atoms with E-state index in [4.69, 9.17) is 9.26 Å². The number of hydrogen-bond acceptors (Lipinski definition) is 7. The van der Waals surface area contributed by atoms with Gasteiger partial charge in [0, 0.05) is 7.05 Å². The number of anilines is 1. The summed E-state index contributed by atoms with van der Waals surface area (Å²) in [6.07, 6.45) is 2.71. The lowest BCUT2D eigenvalue weighted by molar-refractivity contribution is 0.0917. The predicted octanol–water partition coefficient (Wildman–Crippen LogP) is 4.47. The Morgan fingerprint density at radius 1 is 1.20 bits per heavy atom. The number of ether oxygens (including phenoxy) is 1. The van der Waals surface area contributed by atoms with E-state index in [0.29, 0.717) is 41.6 Å². The Hall–Kier alpha value is -3.79. The number of carbonyl (C=O) groups is 1. The van der Waals surface area contributed by atoms with Crippen molar-refractivity contribution in [2.24, 2.45) is 0 Å². The van der Waals surface area contributed by atoms with E-state index in [2.05, 4.69) is 15.5 Å². The Labute approximate surface area is 201 Å². The number of aryl methyl sites for hydroxylation is 2. The highest BCUT2D eigenvalue weighted by Crippen LogP contribution is 2.46. The van der Waals surface area contributed by atoms with Crippen LogP contribution in [0.25, 0.3) is 0 Å². The smallest absolute Gasteiger partial charge is 0.255 e. The van der Waals surface area contributed by atoms with E-state index in [1.165, 1.54) is 25.4 Å². The molecule has 2 heterocycles. The molecule has 1 saturated carbocycles. The molecule has 1 unspecified atom stereocenters. The highest BCUT2D eigenvalue weighted by molar-refractivity contribution is 5.98. The molecule has 8 nitrogen and oxygen atoms in total. The van der Waals surface area contributed by atoms with E-state index in [-0.39, 0.29) is 17.3 Å². The maximum absolute atomic E-state index is 15.3. The quantitative estimate of drug-likeness (QED) is 0.556. The van der Waals surface area contributed by atoms with E-state index in [0.717, 1.165) is 5.56 Å². The topological polar surface area (TPSA) is 83.7 Å². The number of methoxy groups -OCH3 is 1. The summed E-state index contributed by atoms with van der Waals surface area (Å²) < 4.78 is 39.4. The number of carbonyl (C=O) groups excluding carboxylic acids is 1. The van der Waals surface area contributed by atoms with Gasteiger partial charge in [-0.25, -0.2) is 13.8 Å². The Kier molecular flexibility index (Phi) is 5.55. The van der Waals surface area contributed by atoms with E-state index in [9.17, 15) is 9.18 Å². The lowest BCUT2D eigenvalue weighted by Gasteiger charge is -2.31. The molecule has 2 aromatic carbocycles. The summed E-state index contributed by atoms with van der Waals surface area (Å²) in [6, 6.07) is 8.40. The number of rotatable bonds is 6. The highest BCUT2D eigenvalue weighted by Gasteiger charge is 2.51. The van der Waals surface area contributed by atoms with Crippen molar-refractivity contribution in [2.45, 2.75) is 38.3 Å². The molecule has 1 aliphatic heterocycles. The molecule has 1 amide bonds. The number of nitrogens with zero attached hydrogens (tertiary/aromatic N) is 4. The third kappa shape index (κ3) is 4.03. The van der Waals surface area contributed by atoms with E-state index in [1.54, 1.807) is 48.3 Å². The van der Waals surface area contributed by atoms with Crippen LogP contribution in [0, 0.1) is 19.7 Å². The van der Waals surface area contributed by atoms with Crippen molar-refractivity contribution in [3.8, 4) is 5.75 Å². The number of benzene rings is 2. The van der Waals surface area contributed by atoms with E-state index < -0.39 is 17.4 Å². The zero-order valence-corrected chi connectivity index (χ0v) is 19.8. The minimum atomic E-state index is -0.772. The van der Waals surface area contributed by atoms with Gasteiger partial charge >= 0.3 is 0 Å². The molecule has 3 aromatic rings. The van der Waals surface area contributed by atoms with E-state index in [1.807, 2.05) is 6.92 Å². The standard InChI is InChI=1S/C25H25F2N5O3/c1-14-11-21(34-4)19(23(33)29-25(9-10-25)24-28-15(2)30-35-24)12-18(14)22-20(27)13-32(31(22)3)17-7-5-16(26)6-8-17/h5-8,11-13,22H,9-10H2,1-4H3,(H,29,33). The van der Waals surface area contributed by atoms with Crippen LogP contribution >= 0.6 is 0 Å². The van der Waals surface area contributed by atoms with Gasteiger partial charge in [0.1, 0.15) is 29.0 Å². The second-order valence-corrected chi connectivity index (χ2v) is 8.90. The lowest BCUT2D eigenvalue weighted by Crippen LogP contribution is -2.36. The van der Waals surface area contributed by atoms with Crippen LogP contribution in [0.2, 0.25) is 0 Å². The molecule has 35 heavy (non-hydrogen) atoms. The van der Waals surface area contributed by atoms with Gasteiger partial charge in [0.15, 0.2) is 5.82 Å². The van der Waals surface area contributed by atoms with Crippen molar-refractivity contribution in [1.82, 2.24) is 20.5 Å². The van der Waals surface area contributed by atoms with Crippen molar-refractivity contribution in [3.63, 3.8) is 0 Å². The summed E-state index contributed by atoms with van der Waals surface area (Å²) in [7, 11) is 3.22. The largest absolute Gasteiger partial charge is 0.496 e. The molecule has 1 aliphatic carbocycles. The van der Waals surface area contributed by atoms with Gasteiger partial charge in [0.05, 0.1) is 24.6 Å². The van der Waals surface area contributed by atoms with Crippen molar-refractivity contribution >= 4 is 11.6 Å². The third-order valence-electron chi connectivity index (χ3n) is 6.48. The van der Waals surface area contributed by atoms with E-state index >= 15 is 4.39 Å². The molecule has 0 saturated heterocycles. The summed E-state index contributed by atoms with van der Waals surface area (Å²) in [6.45, 7) is 3.56. The molecule has 0 spiro atoms. The van der Waals surface area contributed by atoms with Gasteiger partial charge < -0.3 is 14.6 Å². The van der Waals surface area contributed by atoms with Crippen LogP contribution < -0.4 is 15.1 Å². The zero-order valence-electron chi connectivity index (χ0n) is 19.8. The van der Waals surface area contributed by atoms with Crippen LogP contribution in [-0.2, 0) is 5.54 Å². The first-order valence-corrected chi connectivity index (χ1v) is 11.2. The maximum atomic E-state index is 15.3. The highest BCUT2D eigenvalue weighted by atomic mass is 19.1. The van der Waals surface area contributed by atoms with Gasteiger partial charge in [-0.15, -0.1) is 0 Å².